The summed E-state index contributed by atoms with van der Waals surface area (Å²) >= 11 is 0. The van der Waals surface area contributed by atoms with Gasteiger partial charge in [-0.15, -0.1) is 0 Å². The first kappa shape index (κ1) is 18.1. The van der Waals surface area contributed by atoms with E-state index in [1.165, 1.54) is 18.6 Å². The van der Waals surface area contributed by atoms with Gasteiger partial charge in [0.25, 0.3) is 5.91 Å². The van der Waals surface area contributed by atoms with Crippen molar-refractivity contribution in [2.45, 2.75) is 26.2 Å². The molecule has 3 aromatic heterocycles. The van der Waals surface area contributed by atoms with Gasteiger partial charge in [0.2, 0.25) is 5.95 Å². The Kier molecular flexibility index (Phi) is 4.86. The molecule has 27 heavy (non-hydrogen) atoms. The van der Waals surface area contributed by atoms with E-state index in [9.17, 15) is 4.79 Å². The minimum atomic E-state index is -0.311. The van der Waals surface area contributed by atoms with Crippen LogP contribution in [0.15, 0.2) is 36.9 Å². The Hall–Kier alpha value is -3.73. The zero-order valence-electron chi connectivity index (χ0n) is 15.2. The van der Waals surface area contributed by atoms with Gasteiger partial charge in [-0.2, -0.15) is 5.10 Å². The quantitative estimate of drug-likeness (QED) is 0.601. The molecule has 3 heterocycles. The minimum Gasteiger partial charge on any atom is -0.368 e. The summed E-state index contributed by atoms with van der Waals surface area (Å²) in [7, 11) is 0. The number of pyridine rings is 1. The van der Waals surface area contributed by atoms with Gasteiger partial charge in [-0.05, 0) is 6.07 Å². The highest BCUT2D eigenvalue weighted by Crippen LogP contribution is 2.22. The third-order valence-corrected chi connectivity index (χ3v) is 3.65. The number of hydrogen-bond acceptors (Lipinski definition) is 6. The van der Waals surface area contributed by atoms with E-state index < -0.39 is 0 Å². The Morgan fingerprint density at radius 1 is 1.07 bits per heavy atom. The minimum absolute atomic E-state index is 0.0845. The largest absolute Gasteiger partial charge is 0.368 e. The molecule has 0 bridgehead atoms. The Morgan fingerprint density at radius 3 is 2.44 bits per heavy atom. The summed E-state index contributed by atoms with van der Waals surface area (Å²) in [4.78, 5) is 24.3. The van der Waals surface area contributed by atoms with Gasteiger partial charge in [-0.25, -0.2) is 9.97 Å². The van der Waals surface area contributed by atoms with Crippen molar-refractivity contribution < 1.29 is 4.79 Å². The molecule has 136 valence electrons. The number of hydrogen-bond donors (Lipinski definition) is 3. The van der Waals surface area contributed by atoms with Crippen molar-refractivity contribution in [3.8, 4) is 11.8 Å². The van der Waals surface area contributed by atoms with Crippen LogP contribution in [0.4, 0.5) is 11.8 Å². The van der Waals surface area contributed by atoms with Crippen molar-refractivity contribution in [2.75, 3.05) is 11.1 Å². The monoisotopic (exact) mass is 361 g/mol. The van der Waals surface area contributed by atoms with Crippen molar-refractivity contribution >= 4 is 17.7 Å². The number of carbonyl (C=O) groups is 1. The van der Waals surface area contributed by atoms with Gasteiger partial charge in [-0.3, -0.25) is 14.9 Å². The number of nitrogens with zero attached hydrogens (tertiary/aromatic N) is 4. The maximum Gasteiger partial charge on any atom is 0.258 e. The Morgan fingerprint density at radius 2 is 1.78 bits per heavy atom. The Balaban J connectivity index is 1.74. The summed E-state index contributed by atoms with van der Waals surface area (Å²) in [6.07, 6.45) is 6.12. The lowest BCUT2D eigenvalue weighted by atomic mass is 9.92. The number of carbonyl (C=O) groups excluding carboxylic acids is 1. The Labute approximate surface area is 156 Å². The highest BCUT2D eigenvalue weighted by molar-refractivity contribution is 6.03. The predicted octanol–water partition coefficient (Wildman–Crippen LogP) is 2.13. The SMILES string of the molecule is CC(C)(C)c1cc(NC(=O)c2cncc(C#Cc3cnc(N)nc3)c2)n[nH]1. The number of aromatic nitrogens is 5. The molecule has 0 aromatic carbocycles. The van der Waals surface area contributed by atoms with Crippen molar-refractivity contribution in [1.82, 2.24) is 25.1 Å². The van der Waals surface area contributed by atoms with Crippen LogP contribution in [0.1, 0.15) is 48.0 Å². The molecule has 0 unspecified atom stereocenters. The number of aromatic amines is 1. The van der Waals surface area contributed by atoms with Gasteiger partial charge in [-0.1, -0.05) is 32.6 Å². The normalized spacial score (nSPS) is 10.8. The molecule has 0 spiro atoms. The number of anilines is 2. The number of rotatable bonds is 2. The molecule has 0 fully saturated rings. The fourth-order valence-corrected chi connectivity index (χ4v) is 2.14. The van der Waals surface area contributed by atoms with Crippen LogP contribution in [0.3, 0.4) is 0 Å². The van der Waals surface area contributed by atoms with E-state index in [1.54, 1.807) is 12.3 Å². The van der Waals surface area contributed by atoms with E-state index in [1.807, 2.05) is 6.07 Å². The molecule has 0 aliphatic rings. The molecule has 1 amide bonds. The van der Waals surface area contributed by atoms with Crippen LogP contribution >= 0.6 is 0 Å². The standard InChI is InChI=1S/C19H19N7O/c1-19(2,3)15-7-16(26-25-15)24-17(27)14-6-12(8-21-11-14)4-5-13-9-22-18(20)23-10-13/h6-11H,1-3H3,(H2,20,22,23)(H2,24,25,26,27). The van der Waals surface area contributed by atoms with Gasteiger partial charge >= 0.3 is 0 Å². The zero-order chi connectivity index (χ0) is 19.4. The fourth-order valence-electron chi connectivity index (χ4n) is 2.14. The lowest BCUT2D eigenvalue weighted by Crippen LogP contribution is -2.13. The predicted molar refractivity (Wildman–Crippen MR) is 102 cm³/mol. The summed E-state index contributed by atoms with van der Waals surface area (Å²) in [5.74, 6) is 6.17. The highest BCUT2D eigenvalue weighted by atomic mass is 16.1. The molecule has 0 saturated heterocycles. The average molecular weight is 361 g/mol. The van der Waals surface area contributed by atoms with E-state index in [0.717, 1.165) is 5.69 Å². The van der Waals surface area contributed by atoms with E-state index >= 15 is 0 Å². The molecular formula is C19H19N7O. The van der Waals surface area contributed by atoms with Crippen molar-refractivity contribution in [3.63, 3.8) is 0 Å². The van der Waals surface area contributed by atoms with E-state index in [-0.39, 0.29) is 17.3 Å². The number of amides is 1. The van der Waals surface area contributed by atoms with E-state index in [2.05, 4.69) is 63.1 Å². The summed E-state index contributed by atoms with van der Waals surface area (Å²) in [6, 6.07) is 3.47. The van der Waals surface area contributed by atoms with Crippen molar-refractivity contribution in [2.24, 2.45) is 0 Å². The molecule has 8 nitrogen and oxygen atoms in total. The fraction of sp³-hybridized carbons (Fsp3) is 0.211. The van der Waals surface area contributed by atoms with E-state index in [0.29, 0.717) is 22.5 Å². The van der Waals surface area contributed by atoms with Crippen LogP contribution in [0, 0.1) is 11.8 Å². The summed E-state index contributed by atoms with van der Waals surface area (Å²) in [5, 5.41) is 9.81. The van der Waals surface area contributed by atoms with Crippen LogP contribution in [-0.4, -0.2) is 31.1 Å². The molecular weight excluding hydrogens is 342 g/mol. The van der Waals surface area contributed by atoms with Crippen LogP contribution in [0.25, 0.3) is 0 Å². The van der Waals surface area contributed by atoms with Gasteiger partial charge in [0.05, 0.1) is 11.1 Å². The van der Waals surface area contributed by atoms with Crippen LogP contribution in [0.2, 0.25) is 0 Å². The molecule has 0 radical (unpaired) electrons. The molecule has 0 aliphatic carbocycles. The van der Waals surface area contributed by atoms with Gasteiger partial charge in [0, 0.05) is 47.5 Å². The summed E-state index contributed by atoms with van der Waals surface area (Å²) in [6.45, 7) is 6.18. The lowest BCUT2D eigenvalue weighted by molar-refractivity contribution is 0.102. The molecule has 0 atom stereocenters. The highest BCUT2D eigenvalue weighted by Gasteiger charge is 2.17. The first-order valence-electron chi connectivity index (χ1n) is 8.23. The maximum absolute atomic E-state index is 12.4. The third-order valence-electron chi connectivity index (χ3n) is 3.65. The average Bonchev–Trinajstić information content (AvgIpc) is 3.10. The van der Waals surface area contributed by atoms with Crippen LogP contribution in [0.5, 0.6) is 0 Å². The molecule has 8 heteroatoms. The first-order valence-corrected chi connectivity index (χ1v) is 8.23. The second-order valence-electron chi connectivity index (χ2n) is 6.91. The number of H-pyrrole nitrogens is 1. The van der Waals surface area contributed by atoms with Gasteiger partial charge in [0.1, 0.15) is 0 Å². The second-order valence-corrected chi connectivity index (χ2v) is 6.91. The molecule has 3 aromatic rings. The molecule has 3 rings (SSSR count). The number of nitrogen functional groups attached to an aromatic ring is 1. The molecule has 4 N–H and O–H groups in total. The first-order chi connectivity index (χ1) is 12.8. The number of nitrogens with one attached hydrogen (secondary N) is 2. The van der Waals surface area contributed by atoms with Crippen molar-refractivity contribution in [1.29, 1.82) is 0 Å². The third kappa shape index (κ3) is 4.67. The molecule has 0 aliphatic heterocycles. The molecule has 0 saturated carbocycles. The van der Waals surface area contributed by atoms with Crippen molar-refractivity contribution in [3.05, 3.63) is 59.3 Å². The number of nitrogens with two attached hydrogens (primary N) is 1. The zero-order valence-corrected chi connectivity index (χ0v) is 15.2. The second kappa shape index (κ2) is 7.25. The maximum atomic E-state index is 12.4. The smallest absolute Gasteiger partial charge is 0.258 e. The van der Waals surface area contributed by atoms with Crippen LogP contribution < -0.4 is 11.1 Å². The summed E-state index contributed by atoms with van der Waals surface area (Å²) < 4.78 is 0. The lowest BCUT2D eigenvalue weighted by Gasteiger charge is -2.14. The van der Waals surface area contributed by atoms with E-state index in [4.69, 9.17) is 5.73 Å². The van der Waals surface area contributed by atoms with Gasteiger partial charge in [0.15, 0.2) is 5.82 Å². The Bertz CT molecular complexity index is 1020. The topological polar surface area (TPSA) is 122 Å². The summed E-state index contributed by atoms with van der Waals surface area (Å²) in [5.41, 5.74) is 7.89. The van der Waals surface area contributed by atoms with Crippen LogP contribution in [-0.2, 0) is 5.41 Å². The van der Waals surface area contributed by atoms with Gasteiger partial charge < -0.3 is 11.1 Å².